The number of ether oxygens (including phenoxy) is 1. The molecule has 2 heterocycles. The summed E-state index contributed by atoms with van der Waals surface area (Å²) in [4.78, 5) is 17.6. The van der Waals surface area contributed by atoms with E-state index in [1.165, 1.54) is 11.8 Å². The van der Waals surface area contributed by atoms with Crippen molar-refractivity contribution in [2.45, 2.75) is 12.1 Å². The molecule has 0 aliphatic carbocycles. The van der Waals surface area contributed by atoms with Crippen molar-refractivity contribution in [2.24, 2.45) is 0 Å². The number of rotatable bonds is 3. The van der Waals surface area contributed by atoms with Crippen LogP contribution in [0.25, 0.3) is 22.3 Å². The zero-order valence-corrected chi connectivity index (χ0v) is 13.3. The highest BCUT2D eigenvalue weighted by molar-refractivity contribution is 7.98. The van der Waals surface area contributed by atoms with Crippen molar-refractivity contribution in [3.63, 3.8) is 0 Å². The Bertz CT molecular complexity index is 835. The molecule has 1 aromatic carbocycles. The van der Waals surface area contributed by atoms with Crippen LogP contribution in [0.2, 0.25) is 0 Å². The summed E-state index contributed by atoms with van der Waals surface area (Å²) in [5.74, 6) is 1.77. The van der Waals surface area contributed by atoms with Crippen LogP contribution in [-0.2, 0) is 0 Å². The normalized spacial score (nSPS) is 10.9. The number of aromatic nitrogens is 4. The number of hydrogen-bond acceptors (Lipinski definition) is 7. The van der Waals surface area contributed by atoms with Crippen molar-refractivity contribution in [1.82, 2.24) is 19.9 Å². The zero-order valence-electron chi connectivity index (χ0n) is 12.5. The van der Waals surface area contributed by atoms with Gasteiger partial charge in [0, 0.05) is 5.56 Å². The van der Waals surface area contributed by atoms with Gasteiger partial charge in [-0.05, 0) is 37.4 Å². The number of fused-ring (bicyclic) bond motifs is 1. The lowest BCUT2D eigenvalue weighted by molar-refractivity contribution is 0.415. The number of methoxy groups -OCH3 is 1. The molecule has 2 aromatic heterocycles. The molecule has 0 aliphatic heterocycles. The molecule has 7 heteroatoms. The largest absolute Gasteiger partial charge is 0.497 e. The van der Waals surface area contributed by atoms with Crippen LogP contribution in [-0.4, -0.2) is 33.3 Å². The molecule has 0 fully saturated rings. The van der Waals surface area contributed by atoms with Gasteiger partial charge < -0.3 is 10.5 Å². The number of aryl methyl sites for hydroxylation is 1. The summed E-state index contributed by atoms with van der Waals surface area (Å²) in [6.45, 7) is 1.80. The summed E-state index contributed by atoms with van der Waals surface area (Å²) in [5, 5.41) is 1.32. The lowest BCUT2D eigenvalue weighted by Gasteiger charge is -2.10. The first-order valence-corrected chi connectivity index (χ1v) is 7.85. The Morgan fingerprint density at radius 2 is 1.77 bits per heavy atom. The third kappa shape index (κ3) is 2.55. The molecule has 112 valence electrons. The number of thioether (sulfide) groups is 1. The Kier molecular flexibility index (Phi) is 3.81. The van der Waals surface area contributed by atoms with Crippen LogP contribution in [0, 0.1) is 6.92 Å². The molecule has 0 spiro atoms. The lowest BCUT2D eigenvalue weighted by Crippen LogP contribution is -2.03. The number of nitrogens with zero attached hydrogens (tertiary/aromatic N) is 4. The monoisotopic (exact) mass is 313 g/mol. The Morgan fingerprint density at radius 3 is 2.41 bits per heavy atom. The van der Waals surface area contributed by atoms with E-state index in [0.717, 1.165) is 17.0 Å². The van der Waals surface area contributed by atoms with Gasteiger partial charge >= 0.3 is 0 Å². The van der Waals surface area contributed by atoms with Crippen molar-refractivity contribution in [3.05, 3.63) is 30.1 Å². The molecule has 0 saturated carbocycles. The van der Waals surface area contributed by atoms with Gasteiger partial charge in [0.2, 0.25) is 0 Å². The summed E-state index contributed by atoms with van der Waals surface area (Å²) in [6.07, 6.45) is 1.93. The van der Waals surface area contributed by atoms with Gasteiger partial charge in [-0.15, -0.1) is 0 Å². The van der Waals surface area contributed by atoms with Crippen LogP contribution in [0.4, 0.5) is 5.82 Å². The van der Waals surface area contributed by atoms with Crippen LogP contribution in [0.3, 0.4) is 0 Å². The quantitative estimate of drug-likeness (QED) is 0.587. The lowest BCUT2D eigenvalue weighted by atomic mass is 10.1. The minimum absolute atomic E-state index is 0.390. The van der Waals surface area contributed by atoms with Gasteiger partial charge in [0.1, 0.15) is 17.4 Å². The summed E-state index contributed by atoms with van der Waals surface area (Å²) in [7, 11) is 1.63. The first-order valence-electron chi connectivity index (χ1n) is 6.62. The maximum absolute atomic E-state index is 6.08. The smallest absolute Gasteiger partial charge is 0.189 e. The average molecular weight is 313 g/mol. The molecule has 0 atom stereocenters. The molecule has 2 N–H and O–H groups in total. The van der Waals surface area contributed by atoms with Gasteiger partial charge in [-0.1, -0.05) is 11.8 Å². The molecule has 0 saturated heterocycles. The van der Waals surface area contributed by atoms with E-state index in [-0.39, 0.29) is 0 Å². The Labute approximate surface area is 132 Å². The van der Waals surface area contributed by atoms with E-state index >= 15 is 0 Å². The van der Waals surface area contributed by atoms with Crippen LogP contribution in [0.15, 0.2) is 29.4 Å². The molecule has 0 aliphatic rings. The number of nitrogen functional groups attached to an aromatic ring is 1. The maximum Gasteiger partial charge on any atom is 0.189 e. The third-order valence-electron chi connectivity index (χ3n) is 3.22. The topological polar surface area (TPSA) is 86.8 Å². The second-order valence-electron chi connectivity index (χ2n) is 4.64. The second-order valence-corrected chi connectivity index (χ2v) is 5.42. The first kappa shape index (κ1) is 14.5. The highest BCUT2D eigenvalue weighted by Crippen LogP contribution is 2.31. The van der Waals surface area contributed by atoms with Gasteiger partial charge in [-0.2, -0.15) is 0 Å². The van der Waals surface area contributed by atoms with Gasteiger partial charge in [-0.3, -0.25) is 0 Å². The van der Waals surface area contributed by atoms with E-state index in [0.29, 0.717) is 27.8 Å². The maximum atomic E-state index is 6.08. The second kappa shape index (κ2) is 5.76. The minimum atomic E-state index is 0.390. The van der Waals surface area contributed by atoms with E-state index in [1.54, 1.807) is 14.0 Å². The molecule has 6 nitrogen and oxygen atoms in total. The minimum Gasteiger partial charge on any atom is -0.497 e. The molecule has 3 aromatic rings. The summed E-state index contributed by atoms with van der Waals surface area (Å²) < 4.78 is 5.19. The van der Waals surface area contributed by atoms with Crippen molar-refractivity contribution < 1.29 is 4.74 Å². The van der Waals surface area contributed by atoms with E-state index in [4.69, 9.17) is 10.5 Å². The van der Waals surface area contributed by atoms with Crippen LogP contribution in [0.5, 0.6) is 5.75 Å². The van der Waals surface area contributed by atoms with E-state index < -0.39 is 0 Å². The van der Waals surface area contributed by atoms with E-state index in [9.17, 15) is 0 Å². The third-order valence-corrected chi connectivity index (χ3v) is 3.77. The molecular weight excluding hydrogens is 298 g/mol. The number of benzene rings is 1. The summed E-state index contributed by atoms with van der Waals surface area (Å²) in [6, 6.07) is 7.63. The SMILES string of the molecule is COc1ccc(-c2nc(SC)nc3nc(C)nc(N)c23)cc1. The molecule has 3 rings (SSSR count). The van der Waals surface area contributed by atoms with Gasteiger partial charge in [0.15, 0.2) is 10.8 Å². The molecule has 0 bridgehead atoms. The fourth-order valence-electron chi connectivity index (χ4n) is 2.20. The summed E-state index contributed by atoms with van der Waals surface area (Å²) >= 11 is 1.46. The molecular formula is C15H15N5OS. The Hall–Kier alpha value is -2.41. The molecule has 0 amide bonds. The Morgan fingerprint density at radius 1 is 1.05 bits per heavy atom. The number of nitrogens with two attached hydrogens (primary N) is 1. The standard InChI is InChI=1S/C15H15N5OS/c1-8-17-13(16)11-12(9-4-6-10(21-2)7-5-9)19-15(22-3)20-14(11)18-8/h4-7H,1-3H3,(H2,16,17,18,19,20). The zero-order chi connectivity index (χ0) is 15.7. The van der Waals surface area contributed by atoms with Gasteiger partial charge in [0.05, 0.1) is 18.2 Å². The van der Waals surface area contributed by atoms with Gasteiger partial charge in [0.25, 0.3) is 0 Å². The van der Waals surface area contributed by atoms with Crippen LogP contribution < -0.4 is 10.5 Å². The molecule has 22 heavy (non-hydrogen) atoms. The highest BCUT2D eigenvalue weighted by atomic mass is 32.2. The van der Waals surface area contributed by atoms with Crippen molar-refractivity contribution >= 4 is 28.6 Å². The fourth-order valence-corrected chi connectivity index (χ4v) is 2.56. The van der Waals surface area contributed by atoms with Crippen LogP contribution in [0.1, 0.15) is 5.82 Å². The molecule has 0 unspecified atom stereocenters. The Balaban J connectivity index is 2.30. The predicted molar refractivity (Wildman–Crippen MR) is 88.0 cm³/mol. The van der Waals surface area contributed by atoms with E-state index in [1.807, 2.05) is 30.5 Å². The van der Waals surface area contributed by atoms with Crippen molar-refractivity contribution in [2.75, 3.05) is 19.1 Å². The van der Waals surface area contributed by atoms with Crippen molar-refractivity contribution in [3.8, 4) is 17.0 Å². The number of hydrogen-bond donors (Lipinski definition) is 1. The van der Waals surface area contributed by atoms with Crippen molar-refractivity contribution in [1.29, 1.82) is 0 Å². The predicted octanol–water partition coefficient (Wildman–Crippen LogP) is 2.71. The average Bonchev–Trinajstić information content (AvgIpc) is 2.53. The highest BCUT2D eigenvalue weighted by Gasteiger charge is 2.15. The summed E-state index contributed by atoms with van der Waals surface area (Å²) in [5.41, 5.74) is 8.30. The molecule has 0 radical (unpaired) electrons. The fraction of sp³-hybridized carbons (Fsp3) is 0.200. The van der Waals surface area contributed by atoms with Gasteiger partial charge in [-0.25, -0.2) is 19.9 Å². The van der Waals surface area contributed by atoms with Crippen LogP contribution >= 0.6 is 11.8 Å². The van der Waals surface area contributed by atoms with E-state index in [2.05, 4.69) is 19.9 Å². The number of anilines is 1. The first-order chi connectivity index (χ1) is 10.6.